The smallest absolute Gasteiger partial charge is 0.289 e. The van der Waals surface area contributed by atoms with Crippen molar-refractivity contribution in [3.63, 3.8) is 0 Å². The summed E-state index contributed by atoms with van der Waals surface area (Å²) in [5, 5.41) is 4.56. The Balaban J connectivity index is 1.95. The van der Waals surface area contributed by atoms with E-state index in [4.69, 9.17) is 10.2 Å². The predicted octanol–water partition coefficient (Wildman–Crippen LogP) is 0.950. The summed E-state index contributed by atoms with van der Waals surface area (Å²) in [5.41, 5.74) is 5.72. The van der Waals surface area contributed by atoms with Crippen molar-refractivity contribution in [2.24, 2.45) is 0 Å². The largest absolute Gasteiger partial charge is 0.454 e. The van der Waals surface area contributed by atoms with Gasteiger partial charge in [0.1, 0.15) is 11.5 Å². The van der Waals surface area contributed by atoms with Crippen molar-refractivity contribution in [1.82, 2.24) is 15.2 Å². The molecule has 2 amide bonds. The average molecular weight is 294 g/mol. The van der Waals surface area contributed by atoms with Crippen LogP contribution < -0.4 is 11.1 Å². The lowest BCUT2D eigenvalue weighted by atomic mass is 10.4. The molecule has 2 rings (SSSR count). The third-order valence-electron chi connectivity index (χ3n) is 2.46. The summed E-state index contributed by atoms with van der Waals surface area (Å²) in [6.45, 7) is 0.178. The molecule has 8 heteroatoms. The van der Waals surface area contributed by atoms with Crippen LogP contribution in [0.25, 0.3) is 0 Å². The fourth-order valence-corrected chi connectivity index (χ4v) is 2.00. The van der Waals surface area contributed by atoms with Crippen LogP contribution in [0.2, 0.25) is 0 Å². The number of nitrogens with two attached hydrogens (primary N) is 1. The van der Waals surface area contributed by atoms with Gasteiger partial charge in [-0.15, -0.1) is 11.3 Å². The summed E-state index contributed by atoms with van der Waals surface area (Å²) in [5.74, 6) is 0.161. The lowest BCUT2D eigenvalue weighted by Gasteiger charge is -2.06. The Hall–Kier alpha value is -2.35. The highest BCUT2D eigenvalue weighted by Crippen LogP contribution is 2.12. The molecule has 2 heterocycles. The van der Waals surface area contributed by atoms with Gasteiger partial charge in [-0.25, -0.2) is 4.98 Å². The monoisotopic (exact) mass is 294 g/mol. The molecule has 0 aliphatic carbocycles. The van der Waals surface area contributed by atoms with Crippen LogP contribution in [0.4, 0.5) is 5.13 Å². The minimum Gasteiger partial charge on any atom is -0.454 e. The Kier molecular flexibility index (Phi) is 4.04. The van der Waals surface area contributed by atoms with E-state index in [-0.39, 0.29) is 29.8 Å². The van der Waals surface area contributed by atoms with Crippen LogP contribution in [-0.4, -0.2) is 35.8 Å². The van der Waals surface area contributed by atoms with Gasteiger partial charge in [0, 0.05) is 19.5 Å². The molecule has 20 heavy (non-hydrogen) atoms. The quantitative estimate of drug-likeness (QED) is 0.874. The number of anilines is 1. The Morgan fingerprint density at radius 2 is 2.20 bits per heavy atom. The van der Waals surface area contributed by atoms with Crippen LogP contribution in [-0.2, 0) is 6.54 Å². The number of hydrogen-bond donors (Lipinski definition) is 2. The van der Waals surface area contributed by atoms with Crippen molar-refractivity contribution in [2.75, 3.05) is 19.8 Å². The van der Waals surface area contributed by atoms with Crippen LogP contribution in [0.1, 0.15) is 26.8 Å². The standard InChI is InChI=1S/C12H14N4O3S/c1-16(2)11(18)9-4-3-7(19-9)5-14-10(17)8-6-20-12(13)15-8/h3-4,6H,5H2,1-2H3,(H2,13,15)(H,14,17). The summed E-state index contributed by atoms with van der Waals surface area (Å²) < 4.78 is 5.35. The maximum atomic E-state index is 11.7. The number of aromatic nitrogens is 1. The Labute approximate surface area is 119 Å². The molecule has 0 saturated carbocycles. The minimum absolute atomic E-state index is 0.178. The second-order valence-corrected chi connectivity index (χ2v) is 5.11. The van der Waals surface area contributed by atoms with Crippen molar-refractivity contribution in [3.05, 3.63) is 34.7 Å². The molecule has 106 valence electrons. The zero-order valence-electron chi connectivity index (χ0n) is 11.0. The molecule has 0 atom stereocenters. The third-order valence-corrected chi connectivity index (χ3v) is 3.13. The number of carbonyl (C=O) groups excluding carboxylic acids is 2. The lowest BCUT2D eigenvalue weighted by Crippen LogP contribution is -2.23. The maximum Gasteiger partial charge on any atom is 0.289 e. The highest BCUT2D eigenvalue weighted by molar-refractivity contribution is 7.13. The normalized spacial score (nSPS) is 10.3. The van der Waals surface area contributed by atoms with Crippen LogP contribution >= 0.6 is 11.3 Å². The van der Waals surface area contributed by atoms with Gasteiger partial charge in [0.25, 0.3) is 11.8 Å². The molecule has 0 aliphatic heterocycles. The number of amides is 2. The van der Waals surface area contributed by atoms with Crippen LogP contribution in [0, 0.1) is 0 Å². The predicted molar refractivity (Wildman–Crippen MR) is 74.4 cm³/mol. The minimum atomic E-state index is -0.338. The van der Waals surface area contributed by atoms with E-state index in [2.05, 4.69) is 10.3 Å². The third kappa shape index (κ3) is 3.15. The first kappa shape index (κ1) is 14.1. The number of furan rings is 1. The van der Waals surface area contributed by atoms with Crippen LogP contribution in [0.5, 0.6) is 0 Å². The molecule has 0 unspecified atom stereocenters. The summed E-state index contributed by atoms with van der Waals surface area (Å²) in [4.78, 5) is 28.7. The van der Waals surface area contributed by atoms with Gasteiger partial charge in [-0.3, -0.25) is 9.59 Å². The molecular weight excluding hydrogens is 280 g/mol. The van der Waals surface area contributed by atoms with E-state index in [0.717, 1.165) is 0 Å². The van der Waals surface area contributed by atoms with Gasteiger partial charge in [0.2, 0.25) is 0 Å². The van der Waals surface area contributed by atoms with Crippen molar-refractivity contribution >= 4 is 28.3 Å². The van der Waals surface area contributed by atoms with Gasteiger partial charge in [-0.2, -0.15) is 0 Å². The maximum absolute atomic E-state index is 11.7. The van der Waals surface area contributed by atoms with Gasteiger partial charge in [-0.05, 0) is 12.1 Å². The number of nitrogens with zero attached hydrogens (tertiary/aromatic N) is 2. The summed E-state index contributed by atoms with van der Waals surface area (Å²) >= 11 is 1.20. The molecule has 0 aliphatic rings. The van der Waals surface area contributed by atoms with Gasteiger partial charge >= 0.3 is 0 Å². The van der Waals surface area contributed by atoms with Gasteiger partial charge in [0.05, 0.1) is 6.54 Å². The zero-order chi connectivity index (χ0) is 14.7. The number of hydrogen-bond acceptors (Lipinski definition) is 6. The molecule has 0 saturated heterocycles. The summed E-state index contributed by atoms with van der Waals surface area (Å²) in [6, 6.07) is 3.22. The van der Waals surface area contributed by atoms with Crippen LogP contribution in [0.15, 0.2) is 21.9 Å². The fraction of sp³-hybridized carbons (Fsp3) is 0.250. The SMILES string of the molecule is CN(C)C(=O)c1ccc(CNC(=O)c2csc(N)n2)o1. The lowest BCUT2D eigenvalue weighted by molar-refractivity contribution is 0.0794. The van der Waals surface area contributed by atoms with E-state index in [0.29, 0.717) is 10.9 Å². The first-order valence-corrected chi connectivity index (χ1v) is 6.65. The second kappa shape index (κ2) is 5.74. The van der Waals surface area contributed by atoms with E-state index in [1.165, 1.54) is 16.2 Å². The Morgan fingerprint density at radius 1 is 1.45 bits per heavy atom. The number of nitrogens with one attached hydrogen (secondary N) is 1. The molecule has 0 radical (unpaired) electrons. The molecule has 3 N–H and O–H groups in total. The zero-order valence-corrected chi connectivity index (χ0v) is 11.9. The highest BCUT2D eigenvalue weighted by atomic mass is 32.1. The van der Waals surface area contributed by atoms with Gasteiger partial charge in [0.15, 0.2) is 10.9 Å². The van der Waals surface area contributed by atoms with Crippen molar-refractivity contribution in [1.29, 1.82) is 0 Å². The number of thiazole rings is 1. The highest BCUT2D eigenvalue weighted by Gasteiger charge is 2.14. The number of nitrogen functional groups attached to an aromatic ring is 1. The number of carbonyl (C=O) groups is 2. The van der Waals surface area contributed by atoms with Gasteiger partial charge in [-0.1, -0.05) is 0 Å². The van der Waals surface area contributed by atoms with E-state index in [1.54, 1.807) is 31.6 Å². The second-order valence-electron chi connectivity index (χ2n) is 4.22. The Morgan fingerprint density at radius 3 is 2.80 bits per heavy atom. The average Bonchev–Trinajstić information content (AvgIpc) is 3.03. The molecule has 0 aromatic carbocycles. The van der Waals surface area contributed by atoms with Crippen LogP contribution in [0.3, 0.4) is 0 Å². The molecular formula is C12H14N4O3S. The van der Waals surface area contributed by atoms with E-state index in [1.807, 2.05) is 0 Å². The molecule has 7 nitrogen and oxygen atoms in total. The van der Waals surface area contributed by atoms with E-state index < -0.39 is 0 Å². The first-order chi connectivity index (χ1) is 9.47. The van der Waals surface area contributed by atoms with Gasteiger partial charge < -0.3 is 20.4 Å². The molecule has 2 aromatic rings. The Bertz CT molecular complexity index is 632. The molecule has 0 fully saturated rings. The fourth-order valence-electron chi connectivity index (χ4n) is 1.46. The van der Waals surface area contributed by atoms with Crippen molar-refractivity contribution < 1.29 is 14.0 Å². The molecule has 0 spiro atoms. The number of rotatable bonds is 4. The molecule has 2 aromatic heterocycles. The summed E-state index contributed by atoms with van der Waals surface area (Å²) in [6.07, 6.45) is 0. The summed E-state index contributed by atoms with van der Waals surface area (Å²) in [7, 11) is 3.28. The van der Waals surface area contributed by atoms with Crippen molar-refractivity contribution in [3.8, 4) is 0 Å². The molecule has 0 bridgehead atoms. The van der Waals surface area contributed by atoms with E-state index in [9.17, 15) is 9.59 Å². The topological polar surface area (TPSA) is 101 Å². The van der Waals surface area contributed by atoms with Crippen molar-refractivity contribution in [2.45, 2.75) is 6.54 Å². The first-order valence-electron chi connectivity index (χ1n) is 5.77. The van der Waals surface area contributed by atoms with E-state index >= 15 is 0 Å².